The Morgan fingerprint density at radius 1 is 1.16 bits per heavy atom. The van der Waals surface area contributed by atoms with Crippen LogP contribution < -0.4 is 10.6 Å². The maximum atomic E-state index is 14.3. The molecule has 0 spiro atoms. The van der Waals surface area contributed by atoms with Gasteiger partial charge < -0.3 is 20.3 Å². The molecule has 1 aliphatic heterocycles. The van der Waals surface area contributed by atoms with Gasteiger partial charge in [-0.15, -0.1) is 0 Å². The molecule has 1 amide bonds. The van der Waals surface area contributed by atoms with Crippen LogP contribution in [0.5, 0.6) is 0 Å². The summed E-state index contributed by atoms with van der Waals surface area (Å²) in [6, 6.07) is 5.41. The largest absolute Gasteiger partial charge is 0.444 e. The monoisotopic (exact) mass is 465 g/mol. The Bertz CT molecular complexity index is 1080. The average Bonchev–Trinajstić information content (AvgIpc) is 2.68. The van der Waals surface area contributed by atoms with Gasteiger partial charge in [-0.25, -0.2) is 27.6 Å². The Morgan fingerprint density at radius 3 is 2.41 bits per heavy atom. The molecule has 32 heavy (non-hydrogen) atoms. The van der Waals surface area contributed by atoms with E-state index in [2.05, 4.69) is 20.6 Å². The Labute approximate surface area is 187 Å². The number of nitrogens with zero attached hydrogens (tertiary/aromatic N) is 3. The number of hydrogen-bond donors (Lipinski definition) is 2. The first-order valence-corrected chi connectivity index (χ1v) is 12.1. The van der Waals surface area contributed by atoms with E-state index in [0.717, 1.165) is 25.2 Å². The van der Waals surface area contributed by atoms with Crippen molar-refractivity contribution in [1.82, 2.24) is 14.9 Å². The van der Waals surface area contributed by atoms with Crippen LogP contribution in [0.1, 0.15) is 33.6 Å². The molecule has 0 aliphatic carbocycles. The van der Waals surface area contributed by atoms with E-state index < -0.39 is 21.3 Å². The third-order valence-corrected chi connectivity index (χ3v) is 5.91. The molecule has 0 unspecified atom stereocenters. The molecular formula is C21H28FN5O4S. The second-order valence-electron chi connectivity index (χ2n) is 8.71. The first-order chi connectivity index (χ1) is 14.9. The third kappa shape index (κ3) is 6.52. The lowest BCUT2D eigenvalue weighted by Gasteiger charge is -2.33. The van der Waals surface area contributed by atoms with Crippen LogP contribution in [-0.2, 0) is 14.6 Å². The summed E-state index contributed by atoms with van der Waals surface area (Å²) in [5.41, 5.74) is -0.422. The van der Waals surface area contributed by atoms with Gasteiger partial charge in [0.05, 0.1) is 10.6 Å². The third-order valence-electron chi connectivity index (χ3n) is 4.80. The number of benzene rings is 1. The number of ether oxygens (including phenoxy) is 1. The Hall–Kier alpha value is -2.95. The van der Waals surface area contributed by atoms with Crippen LogP contribution >= 0.6 is 0 Å². The fraction of sp³-hybridized carbons (Fsp3) is 0.476. The molecule has 1 aromatic heterocycles. The minimum Gasteiger partial charge on any atom is -0.444 e. The smallest absolute Gasteiger partial charge is 0.410 e. The van der Waals surface area contributed by atoms with E-state index in [9.17, 15) is 17.6 Å². The molecule has 2 aromatic rings. The zero-order valence-corrected chi connectivity index (χ0v) is 19.4. The molecule has 1 saturated heterocycles. The highest BCUT2D eigenvalue weighted by Gasteiger charge is 2.27. The maximum absolute atomic E-state index is 14.3. The SMILES string of the molecule is CC(C)(C)OC(=O)N1CCC(Nc2cc(Nc3ccc(S(C)(=O)=O)cc3F)ncn2)CC1. The molecule has 0 saturated carbocycles. The van der Waals surface area contributed by atoms with Crippen LogP contribution in [0.25, 0.3) is 0 Å². The fourth-order valence-corrected chi connectivity index (χ4v) is 3.85. The topological polar surface area (TPSA) is 114 Å². The second kappa shape index (κ2) is 9.27. The number of piperidine rings is 1. The van der Waals surface area contributed by atoms with Gasteiger partial charge in [-0.3, -0.25) is 0 Å². The standard InChI is InChI=1S/C21H28FN5O4S/c1-21(2,3)31-20(28)27-9-7-14(8-10-27)25-18-12-19(24-13-23-18)26-17-6-5-15(11-16(17)22)32(4,29)30/h5-6,11-14H,7-10H2,1-4H3,(H2,23,24,25,26). The zero-order chi connectivity index (χ0) is 23.5. The number of nitrogens with one attached hydrogen (secondary N) is 2. The second-order valence-corrected chi connectivity index (χ2v) is 10.7. The van der Waals surface area contributed by atoms with Crippen molar-refractivity contribution in [1.29, 1.82) is 0 Å². The van der Waals surface area contributed by atoms with E-state index in [-0.39, 0.29) is 22.7 Å². The van der Waals surface area contributed by atoms with Crippen molar-refractivity contribution in [3.63, 3.8) is 0 Å². The van der Waals surface area contributed by atoms with Gasteiger partial charge in [-0.05, 0) is 51.8 Å². The molecule has 11 heteroatoms. The number of halogens is 1. The summed E-state index contributed by atoms with van der Waals surface area (Å²) in [6.07, 6.45) is 3.52. The number of anilines is 3. The van der Waals surface area contributed by atoms with E-state index >= 15 is 0 Å². The maximum Gasteiger partial charge on any atom is 0.410 e. The van der Waals surface area contributed by atoms with E-state index in [1.807, 2.05) is 20.8 Å². The Kier molecular flexibility index (Phi) is 6.87. The molecule has 0 atom stereocenters. The van der Waals surface area contributed by atoms with E-state index in [1.54, 1.807) is 11.0 Å². The molecule has 1 aromatic carbocycles. The Balaban J connectivity index is 1.59. The quantitative estimate of drug-likeness (QED) is 0.689. The van der Waals surface area contributed by atoms with Crippen LogP contribution in [0.4, 0.5) is 26.5 Å². The van der Waals surface area contributed by atoms with Crippen molar-refractivity contribution in [2.75, 3.05) is 30.0 Å². The molecule has 0 bridgehead atoms. The molecule has 9 nitrogen and oxygen atoms in total. The molecule has 174 valence electrons. The lowest BCUT2D eigenvalue weighted by molar-refractivity contribution is 0.0210. The Morgan fingerprint density at radius 2 is 1.81 bits per heavy atom. The summed E-state index contributed by atoms with van der Waals surface area (Å²) in [5, 5.41) is 6.16. The molecule has 0 radical (unpaired) electrons. The number of aromatic nitrogens is 2. The van der Waals surface area contributed by atoms with Gasteiger partial charge in [0.2, 0.25) is 0 Å². The van der Waals surface area contributed by atoms with Gasteiger partial charge in [0, 0.05) is 31.5 Å². The van der Waals surface area contributed by atoms with Crippen molar-refractivity contribution in [2.24, 2.45) is 0 Å². The summed E-state index contributed by atoms with van der Waals surface area (Å²) in [6.45, 7) is 6.66. The first-order valence-electron chi connectivity index (χ1n) is 10.2. The predicted molar refractivity (Wildman–Crippen MR) is 119 cm³/mol. The van der Waals surface area contributed by atoms with Crippen LogP contribution in [0, 0.1) is 5.82 Å². The molecule has 2 N–H and O–H groups in total. The number of carbonyl (C=O) groups is 1. The van der Waals surface area contributed by atoms with Gasteiger partial charge in [-0.2, -0.15) is 0 Å². The van der Waals surface area contributed by atoms with Gasteiger partial charge in [0.25, 0.3) is 0 Å². The predicted octanol–water partition coefficient (Wildman–Crippen LogP) is 3.57. The van der Waals surface area contributed by atoms with E-state index in [1.165, 1.54) is 18.5 Å². The number of hydrogen-bond acceptors (Lipinski definition) is 8. The number of amides is 1. The van der Waals surface area contributed by atoms with E-state index in [0.29, 0.717) is 24.7 Å². The first kappa shape index (κ1) is 23.7. The summed E-state index contributed by atoms with van der Waals surface area (Å²) in [5.74, 6) is 0.224. The molecule has 3 rings (SSSR count). The number of likely N-dealkylation sites (tertiary alicyclic amines) is 1. The number of rotatable bonds is 5. The van der Waals surface area contributed by atoms with Crippen molar-refractivity contribution < 1.29 is 22.3 Å². The minimum atomic E-state index is -3.49. The summed E-state index contributed by atoms with van der Waals surface area (Å²) >= 11 is 0. The highest BCUT2D eigenvalue weighted by atomic mass is 32.2. The molecular weight excluding hydrogens is 437 g/mol. The number of sulfone groups is 1. The van der Waals surface area contributed by atoms with Gasteiger partial charge in [-0.1, -0.05) is 0 Å². The highest BCUT2D eigenvalue weighted by Crippen LogP contribution is 2.24. The van der Waals surface area contributed by atoms with Gasteiger partial charge in [0.15, 0.2) is 9.84 Å². The van der Waals surface area contributed by atoms with Crippen LogP contribution in [0.3, 0.4) is 0 Å². The molecule has 1 aliphatic rings. The normalized spacial score (nSPS) is 15.3. The molecule has 2 heterocycles. The van der Waals surface area contributed by atoms with E-state index in [4.69, 9.17) is 4.74 Å². The van der Waals surface area contributed by atoms with Crippen molar-refractivity contribution in [3.05, 3.63) is 36.4 Å². The minimum absolute atomic E-state index is 0.0942. The lowest BCUT2D eigenvalue weighted by Crippen LogP contribution is -2.44. The van der Waals surface area contributed by atoms with Gasteiger partial charge in [0.1, 0.15) is 29.4 Å². The zero-order valence-electron chi connectivity index (χ0n) is 18.6. The summed E-state index contributed by atoms with van der Waals surface area (Å²) in [4.78, 5) is 22.1. The van der Waals surface area contributed by atoms with Crippen molar-refractivity contribution in [2.45, 2.75) is 50.2 Å². The highest BCUT2D eigenvalue weighted by molar-refractivity contribution is 7.90. The number of carbonyl (C=O) groups excluding carboxylic acids is 1. The van der Waals surface area contributed by atoms with Crippen LogP contribution in [0.15, 0.2) is 35.5 Å². The molecule has 1 fully saturated rings. The average molecular weight is 466 g/mol. The van der Waals surface area contributed by atoms with Gasteiger partial charge >= 0.3 is 6.09 Å². The van der Waals surface area contributed by atoms with Crippen molar-refractivity contribution >= 4 is 33.3 Å². The lowest BCUT2D eigenvalue weighted by atomic mass is 10.1. The summed E-state index contributed by atoms with van der Waals surface area (Å²) in [7, 11) is -3.49. The van der Waals surface area contributed by atoms with Crippen LogP contribution in [0.2, 0.25) is 0 Å². The van der Waals surface area contributed by atoms with Crippen molar-refractivity contribution in [3.8, 4) is 0 Å². The van der Waals surface area contributed by atoms with Crippen LogP contribution in [-0.4, -0.2) is 60.4 Å². The fourth-order valence-electron chi connectivity index (χ4n) is 3.21. The summed E-state index contributed by atoms with van der Waals surface area (Å²) < 4.78 is 42.9.